The summed E-state index contributed by atoms with van der Waals surface area (Å²) in [5.41, 5.74) is 1.37. The van der Waals surface area contributed by atoms with Crippen LogP contribution in [0.25, 0.3) is 0 Å². The monoisotopic (exact) mass is 277 g/mol. The van der Waals surface area contributed by atoms with Crippen LogP contribution in [0.15, 0.2) is 24.3 Å². The number of nitrogens with one attached hydrogen (secondary N) is 1. The molecule has 1 aliphatic rings. The maximum Gasteiger partial charge on any atom is 0.118 e. The van der Waals surface area contributed by atoms with E-state index in [9.17, 15) is 0 Å². The van der Waals surface area contributed by atoms with Gasteiger partial charge in [-0.05, 0) is 57.2 Å². The van der Waals surface area contributed by atoms with Gasteiger partial charge in [0.15, 0.2) is 0 Å². The standard InChI is InChI=1S/C17H27NO2/c1-13(18-16-10-11-20-14(2)12-16)4-5-15-6-8-17(19-3)9-7-15/h6-9,13-14,16,18H,4-5,10-12H2,1-3H3. The summed E-state index contributed by atoms with van der Waals surface area (Å²) in [4.78, 5) is 0. The lowest BCUT2D eigenvalue weighted by molar-refractivity contribution is 0.0115. The summed E-state index contributed by atoms with van der Waals surface area (Å²) in [5, 5.41) is 3.74. The smallest absolute Gasteiger partial charge is 0.118 e. The first-order valence-electron chi connectivity index (χ1n) is 7.68. The molecule has 0 saturated carbocycles. The van der Waals surface area contributed by atoms with Crippen molar-refractivity contribution in [1.82, 2.24) is 5.32 Å². The summed E-state index contributed by atoms with van der Waals surface area (Å²) in [6.07, 6.45) is 4.94. The molecule has 0 bridgehead atoms. The van der Waals surface area contributed by atoms with Crippen molar-refractivity contribution in [3.63, 3.8) is 0 Å². The third-order valence-electron chi connectivity index (χ3n) is 4.03. The molecule has 3 unspecified atom stereocenters. The lowest BCUT2D eigenvalue weighted by Crippen LogP contribution is -2.42. The van der Waals surface area contributed by atoms with Crippen LogP contribution in [-0.2, 0) is 11.2 Å². The average molecular weight is 277 g/mol. The van der Waals surface area contributed by atoms with Crippen molar-refractivity contribution in [2.24, 2.45) is 0 Å². The van der Waals surface area contributed by atoms with Gasteiger partial charge in [-0.2, -0.15) is 0 Å². The van der Waals surface area contributed by atoms with E-state index >= 15 is 0 Å². The van der Waals surface area contributed by atoms with Crippen LogP contribution in [0.1, 0.15) is 38.7 Å². The minimum Gasteiger partial charge on any atom is -0.497 e. The zero-order valence-corrected chi connectivity index (χ0v) is 12.9. The number of ether oxygens (including phenoxy) is 2. The highest BCUT2D eigenvalue weighted by Gasteiger charge is 2.20. The molecule has 2 rings (SSSR count). The molecule has 0 amide bonds. The lowest BCUT2D eigenvalue weighted by atomic mass is 10.0. The summed E-state index contributed by atoms with van der Waals surface area (Å²) in [7, 11) is 1.70. The van der Waals surface area contributed by atoms with E-state index in [1.165, 1.54) is 5.56 Å². The second-order valence-electron chi connectivity index (χ2n) is 5.86. The minimum absolute atomic E-state index is 0.398. The molecule has 3 heteroatoms. The Kier molecular flexibility index (Phi) is 5.86. The van der Waals surface area contributed by atoms with Gasteiger partial charge < -0.3 is 14.8 Å². The summed E-state index contributed by atoms with van der Waals surface area (Å²) < 4.78 is 10.8. The maximum absolute atomic E-state index is 5.59. The molecule has 0 aliphatic carbocycles. The van der Waals surface area contributed by atoms with Gasteiger partial charge in [0.2, 0.25) is 0 Å². The molecule has 1 aromatic rings. The fourth-order valence-corrected chi connectivity index (χ4v) is 2.81. The minimum atomic E-state index is 0.398. The van der Waals surface area contributed by atoms with Crippen LogP contribution in [0.4, 0.5) is 0 Å². The van der Waals surface area contributed by atoms with Gasteiger partial charge in [0.05, 0.1) is 13.2 Å². The van der Waals surface area contributed by atoms with E-state index in [1.54, 1.807) is 7.11 Å². The molecule has 112 valence electrons. The number of hydrogen-bond acceptors (Lipinski definition) is 3. The van der Waals surface area contributed by atoms with Crippen molar-refractivity contribution in [2.75, 3.05) is 13.7 Å². The van der Waals surface area contributed by atoms with Crippen LogP contribution in [0.3, 0.4) is 0 Å². The summed E-state index contributed by atoms with van der Waals surface area (Å²) in [5.74, 6) is 0.927. The Balaban J connectivity index is 1.72. The normalized spacial score (nSPS) is 24.4. The van der Waals surface area contributed by atoms with Crippen LogP contribution in [0, 0.1) is 0 Å². The molecule has 3 nitrogen and oxygen atoms in total. The maximum atomic E-state index is 5.59. The molecule has 1 heterocycles. The highest BCUT2D eigenvalue weighted by molar-refractivity contribution is 5.27. The van der Waals surface area contributed by atoms with Gasteiger partial charge >= 0.3 is 0 Å². The highest BCUT2D eigenvalue weighted by atomic mass is 16.5. The van der Waals surface area contributed by atoms with E-state index in [-0.39, 0.29) is 0 Å². The molecule has 1 saturated heterocycles. The number of aryl methyl sites for hydroxylation is 1. The molecule has 1 aromatic carbocycles. The van der Waals surface area contributed by atoms with E-state index in [4.69, 9.17) is 9.47 Å². The van der Waals surface area contributed by atoms with Crippen LogP contribution >= 0.6 is 0 Å². The number of benzene rings is 1. The second-order valence-corrected chi connectivity index (χ2v) is 5.86. The zero-order chi connectivity index (χ0) is 14.4. The molecule has 0 radical (unpaired) electrons. The van der Waals surface area contributed by atoms with Crippen molar-refractivity contribution in [3.05, 3.63) is 29.8 Å². The van der Waals surface area contributed by atoms with Crippen LogP contribution in [0.2, 0.25) is 0 Å². The Hall–Kier alpha value is -1.06. The van der Waals surface area contributed by atoms with Gasteiger partial charge in [0, 0.05) is 18.7 Å². The van der Waals surface area contributed by atoms with Crippen molar-refractivity contribution < 1.29 is 9.47 Å². The predicted octanol–water partition coefficient (Wildman–Crippen LogP) is 3.17. The van der Waals surface area contributed by atoms with Gasteiger partial charge in [0.1, 0.15) is 5.75 Å². The number of rotatable bonds is 6. The van der Waals surface area contributed by atoms with E-state index in [0.29, 0.717) is 18.2 Å². The molecule has 20 heavy (non-hydrogen) atoms. The van der Waals surface area contributed by atoms with Gasteiger partial charge in [-0.3, -0.25) is 0 Å². The second kappa shape index (κ2) is 7.65. The van der Waals surface area contributed by atoms with Crippen molar-refractivity contribution in [1.29, 1.82) is 0 Å². The molecule has 1 N–H and O–H groups in total. The Morgan fingerprint density at radius 1 is 1.35 bits per heavy atom. The molecular weight excluding hydrogens is 250 g/mol. The van der Waals surface area contributed by atoms with Crippen molar-refractivity contribution >= 4 is 0 Å². The van der Waals surface area contributed by atoms with Gasteiger partial charge in [-0.25, -0.2) is 0 Å². The number of methoxy groups -OCH3 is 1. The average Bonchev–Trinajstić information content (AvgIpc) is 2.46. The van der Waals surface area contributed by atoms with Gasteiger partial charge in [-0.15, -0.1) is 0 Å². The SMILES string of the molecule is COc1ccc(CCC(C)NC2CCOC(C)C2)cc1. The summed E-state index contributed by atoms with van der Waals surface area (Å²) in [6.45, 7) is 5.34. The number of hydrogen-bond donors (Lipinski definition) is 1. The first-order valence-corrected chi connectivity index (χ1v) is 7.68. The third kappa shape index (κ3) is 4.80. The van der Waals surface area contributed by atoms with Crippen LogP contribution in [-0.4, -0.2) is 31.9 Å². The van der Waals surface area contributed by atoms with E-state index < -0.39 is 0 Å². The first-order chi connectivity index (χ1) is 9.67. The Bertz CT molecular complexity index is 390. The first kappa shape index (κ1) is 15.3. The lowest BCUT2D eigenvalue weighted by Gasteiger charge is -2.30. The molecule has 0 aromatic heterocycles. The fourth-order valence-electron chi connectivity index (χ4n) is 2.81. The quantitative estimate of drug-likeness (QED) is 0.866. The molecule has 0 spiro atoms. The summed E-state index contributed by atoms with van der Waals surface area (Å²) in [6, 6.07) is 9.54. The Labute approximate surface area is 122 Å². The Morgan fingerprint density at radius 2 is 2.10 bits per heavy atom. The van der Waals surface area contributed by atoms with Crippen LogP contribution in [0.5, 0.6) is 5.75 Å². The highest BCUT2D eigenvalue weighted by Crippen LogP contribution is 2.16. The zero-order valence-electron chi connectivity index (χ0n) is 12.9. The largest absolute Gasteiger partial charge is 0.497 e. The fraction of sp³-hybridized carbons (Fsp3) is 0.647. The third-order valence-corrected chi connectivity index (χ3v) is 4.03. The van der Waals surface area contributed by atoms with Gasteiger partial charge in [-0.1, -0.05) is 12.1 Å². The van der Waals surface area contributed by atoms with Crippen molar-refractivity contribution in [2.45, 2.75) is 57.7 Å². The Morgan fingerprint density at radius 3 is 2.75 bits per heavy atom. The summed E-state index contributed by atoms with van der Waals surface area (Å²) >= 11 is 0. The molecule has 1 aliphatic heterocycles. The van der Waals surface area contributed by atoms with E-state index in [0.717, 1.165) is 38.0 Å². The topological polar surface area (TPSA) is 30.5 Å². The molecule has 1 fully saturated rings. The van der Waals surface area contributed by atoms with E-state index in [1.807, 2.05) is 12.1 Å². The molecule has 3 atom stereocenters. The predicted molar refractivity (Wildman–Crippen MR) is 82.3 cm³/mol. The van der Waals surface area contributed by atoms with E-state index in [2.05, 4.69) is 31.3 Å². The van der Waals surface area contributed by atoms with Crippen LogP contribution < -0.4 is 10.1 Å². The van der Waals surface area contributed by atoms with Crippen molar-refractivity contribution in [3.8, 4) is 5.75 Å². The molecular formula is C17H27NO2. The van der Waals surface area contributed by atoms with Gasteiger partial charge in [0.25, 0.3) is 0 Å².